The zero-order valence-corrected chi connectivity index (χ0v) is 13.2. The molecule has 0 unspecified atom stereocenters. The lowest BCUT2D eigenvalue weighted by atomic mass is 10.0. The number of ether oxygens (including phenoxy) is 2. The average molecular weight is 286 g/mol. The van der Waals surface area contributed by atoms with E-state index in [1.807, 2.05) is 32.0 Å². The summed E-state index contributed by atoms with van der Waals surface area (Å²) in [7, 11) is 1.63. The Bertz CT molecular complexity index is 628. The van der Waals surface area contributed by atoms with Crippen molar-refractivity contribution in [1.29, 1.82) is 0 Å². The number of hydrogen-bond donors (Lipinski definition) is 1. The summed E-state index contributed by atoms with van der Waals surface area (Å²) in [5, 5.41) is 0. The molecule has 0 spiro atoms. The fourth-order valence-corrected chi connectivity index (χ4v) is 2.35. The van der Waals surface area contributed by atoms with Crippen LogP contribution in [0.5, 0.6) is 17.4 Å². The number of hydrogen-bond acceptors (Lipinski definition) is 4. The van der Waals surface area contributed by atoms with Crippen LogP contribution in [0, 0.1) is 13.8 Å². The minimum atomic E-state index is 0.310. The van der Waals surface area contributed by atoms with Gasteiger partial charge in [0.15, 0.2) is 0 Å². The summed E-state index contributed by atoms with van der Waals surface area (Å²) in [5.41, 5.74) is 9.63. The van der Waals surface area contributed by atoms with Crippen molar-refractivity contribution in [3.8, 4) is 17.4 Å². The van der Waals surface area contributed by atoms with Crippen LogP contribution in [0.25, 0.3) is 0 Å². The third-order valence-electron chi connectivity index (χ3n) is 3.37. The molecule has 1 heterocycles. The number of aromatic nitrogens is 1. The Labute approximate surface area is 125 Å². The van der Waals surface area contributed by atoms with E-state index in [1.165, 1.54) is 0 Å². The van der Waals surface area contributed by atoms with Gasteiger partial charge in [0, 0.05) is 11.3 Å². The van der Waals surface area contributed by atoms with Crippen LogP contribution >= 0.6 is 0 Å². The van der Waals surface area contributed by atoms with Gasteiger partial charge >= 0.3 is 0 Å². The number of aryl methyl sites for hydroxylation is 2. The zero-order valence-electron chi connectivity index (χ0n) is 13.2. The molecule has 112 valence electrons. The fraction of sp³-hybridized carbons (Fsp3) is 0.353. The van der Waals surface area contributed by atoms with Crippen LogP contribution in [0.2, 0.25) is 0 Å². The van der Waals surface area contributed by atoms with Crippen molar-refractivity contribution in [2.24, 2.45) is 0 Å². The van der Waals surface area contributed by atoms with Crippen LogP contribution in [0.1, 0.15) is 36.5 Å². The van der Waals surface area contributed by atoms with E-state index in [4.69, 9.17) is 15.2 Å². The molecule has 0 aliphatic rings. The predicted molar refractivity (Wildman–Crippen MR) is 85.3 cm³/mol. The van der Waals surface area contributed by atoms with Gasteiger partial charge in [-0.3, -0.25) is 0 Å². The predicted octanol–water partition coefficient (Wildman–Crippen LogP) is 4.20. The second-order valence-electron chi connectivity index (χ2n) is 5.51. The molecule has 0 saturated heterocycles. The summed E-state index contributed by atoms with van der Waals surface area (Å²) in [6.07, 6.45) is 1.68. The van der Waals surface area contributed by atoms with Crippen LogP contribution in [0.15, 0.2) is 24.4 Å². The Morgan fingerprint density at radius 2 is 1.71 bits per heavy atom. The second kappa shape index (κ2) is 6.04. The minimum Gasteiger partial charge on any atom is -0.481 e. The molecule has 0 aliphatic heterocycles. The van der Waals surface area contributed by atoms with Gasteiger partial charge in [-0.15, -0.1) is 0 Å². The molecular weight excluding hydrogens is 264 g/mol. The lowest BCUT2D eigenvalue weighted by molar-refractivity contribution is 0.386. The van der Waals surface area contributed by atoms with Crippen LogP contribution in [0.4, 0.5) is 5.69 Å². The van der Waals surface area contributed by atoms with Crippen molar-refractivity contribution in [3.05, 3.63) is 41.1 Å². The lowest BCUT2D eigenvalue weighted by Gasteiger charge is -2.15. The first-order valence-electron chi connectivity index (χ1n) is 7.01. The number of nitrogens with two attached hydrogens (primary N) is 1. The summed E-state index contributed by atoms with van der Waals surface area (Å²) in [4.78, 5) is 4.32. The third kappa shape index (κ3) is 3.27. The lowest BCUT2D eigenvalue weighted by Crippen LogP contribution is -1.99. The molecule has 1 aromatic carbocycles. The molecule has 1 aromatic heterocycles. The summed E-state index contributed by atoms with van der Waals surface area (Å²) in [6.45, 7) is 8.17. The number of benzene rings is 1. The number of nitrogens with zero attached hydrogens (tertiary/aromatic N) is 1. The van der Waals surface area contributed by atoms with E-state index >= 15 is 0 Å². The highest BCUT2D eigenvalue weighted by Crippen LogP contribution is 2.33. The van der Waals surface area contributed by atoms with E-state index in [0.717, 1.165) is 28.1 Å². The largest absolute Gasteiger partial charge is 0.481 e. The van der Waals surface area contributed by atoms with Crippen molar-refractivity contribution < 1.29 is 9.47 Å². The molecule has 0 atom stereocenters. The number of rotatable bonds is 4. The van der Waals surface area contributed by atoms with Gasteiger partial charge in [0.1, 0.15) is 11.5 Å². The van der Waals surface area contributed by atoms with Crippen LogP contribution in [0.3, 0.4) is 0 Å². The normalized spacial score (nSPS) is 10.8. The van der Waals surface area contributed by atoms with E-state index in [-0.39, 0.29) is 0 Å². The van der Waals surface area contributed by atoms with E-state index < -0.39 is 0 Å². The summed E-state index contributed by atoms with van der Waals surface area (Å²) >= 11 is 0. The molecule has 21 heavy (non-hydrogen) atoms. The van der Waals surface area contributed by atoms with Crippen molar-refractivity contribution in [2.75, 3.05) is 12.8 Å². The molecule has 2 N–H and O–H groups in total. The maximum Gasteiger partial charge on any atom is 0.216 e. The maximum atomic E-state index is 6.01. The van der Waals surface area contributed by atoms with Gasteiger partial charge in [0.05, 0.1) is 13.3 Å². The highest BCUT2D eigenvalue weighted by Gasteiger charge is 2.13. The fourth-order valence-electron chi connectivity index (χ4n) is 2.35. The van der Waals surface area contributed by atoms with E-state index in [0.29, 0.717) is 17.5 Å². The highest BCUT2D eigenvalue weighted by atomic mass is 16.5. The van der Waals surface area contributed by atoms with Gasteiger partial charge in [0.25, 0.3) is 0 Å². The monoisotopic (exact) mass is 286 g/mol. The molecule has 2 aromatic rings. The molecule has 0 radical (unpaired) electrons. The first kappa shape index (κ1) is 15.2. The number of pyridine rings is 1. The van der Waals surface area contributed by atoms with Gasteiger partial charge in [-0.25, -0.2) is 4.98 Å². The van der Waals surface area contributed by atoms with E-state index in [1.54, 1.807) is 13.3 Å². The van der Waals surface area contributed by atoms with Gasteiger partial charge in [-0.2, -0.15) is 0 Å². The van der Waals surface area contributed by atoms with Crippen molar-refractivity contribution in [3.63, 3.8) is 0 Å². The van der Waals surface area contributed by atoms with Gasteiger partial charge < -0.3 is 15.2 Å². The average Bonchev–Trinajstić information content (AvgIpc) is 2.42. The van der Waals surface area contributed by atoms with Crippen LogP contribution in [-0.4, -0.2) is 12.1 Å². The van der Waals surface area contributed by atoms with Crippen LogP contribution < -0.4 is 15.2 Å². The Morgan fingerprint density at radius 3 is 2.24 bits per heavy atom. The van der Waals surface area contributed by atoms with Gasteiger partial charge in [-0.1, -0.05) is 13.8 Å². The highest BCUT2D eigenvalue weighted by molar-refractivity contribution is 5.53. The molecule has 0 amide bonds. The molecular formula is C17H22N2O2. The number of methoxy groups -OCH3 is 1. The summed E-state index contributed by atoms with van der Waals surface area (Å²) < 4.78 is 11.3. The third-order valence-corrected chi connectivity index (χ3v) is 3.37. The standard InChI is InChI=1S/C17H22N2O2/c1-10(2)15-8-14(9-19-17(15)20-5)21-16-11(3)6-13(18)7-12(16)4/h6-10H,18H2,1-5H3. The second-order valence-corrected chi connectivity index (χ2v) is 5.51. The van der Waals surface area contributed by atoms with E-state index in [2.05, 4.69) is 18.8 Å². The van der Waals surface area contributed by atoms with E-state index in [9.17, 15) is 0 Å². The Balaban J connectivity index is 2.39. The topological polar surface area (TPSA) is 57.4 Å². The maximum absolute atomic E-state index is 6.01. The van der Waals surface area contributed by atoms with Gasteiger partial charge in [-0.05, 0) is 49.1 Å². The van der Waals surface area contributed by atoms with Crippen LogP contribution in [-0.2, 0) is 0 Å². The molecule has 0 fully saturated rings. The minimum absolute atomic E-state index is 0.310. The van der Waals surface area contributed by atoms with Gasteiger partial charge in [0.2, 0.25) is 5.88 Å². The number of anilines is 1. The van der Waals surface area contributed by atoms with Crippen molar-refractivity contribution in [2.45, 2.75) is 33.6 Å². The Hall–Kier alpha value is -2.23. The molecule has 2 rings (SSSR count). The first-order valence-corrected chi connectivity index (χ1v) is 7.01. The summed E-state index contributed by atoms with van der Waals surface area (Å²) in [6, 6.07) is 5.79. The van der Waals surface area contributed by atoms with Crippen molar-refractivity contribution >= 4 is 5.69 Å². The molecule has 4 nitrogen and oxygen atoms in total. The first-order chi connectivity index (χ1) is 9.92. The molecule has 4 heteroatoms. The SMILES string of the molecule is COc1ncc(Oc2c(C)cc(N)cc2C)cc1C(C)C. The molecule has 0 aliphatic carbocycles. The van der Waals surface area contributed by atoms with Crippen molar-refractivity contribution in [1.82, 2.24) is 4.98 Å². The number of nitrogen functional groups attached to an aromatic ring is 1. The zero-order chi connectivity index (χ0) is 15.6. The smallest absolute Gasteiger partial charge is 0.216 e. The summed E-state index contributed by atoms with van der Waals surface area (Å²) in [5.74, 6) is 2.48. The molecule has 0 saturated carbocycles. The Kier molecular flexibility index (Phi) is 4.36. The molecule has 0 bridgehead atoms. The Morgan fingerprint density at radius 1 is 1.10 bits per heavy atom. The quantitative estimate of drug-likeness (QED) is 0.856.